The lowest BCUT2D eigenvalue weighted by Crippen LogP contribution is -2.56. The minimum Gasteiger partial charge on any atom is -0.505 e. The molecule has 2 aliphatic rings. The summed E-state index contributed by atoms with van der Waals surface area (Å²) in [6.07, 6.45) is 0.0706. The van der Waals surface area contributed by atoms with Crippen LogP contribution in [0.15, 0.2) is 5.57 Å². The van der Waals surface area contributed by atoms with E-state index < -0.39 is 29.5 Å². The number of carboxylic acid groups (broad SMARTS) is 1. The van der Waals surface area contributed by atoms with Crippen molar-refractivity contribution in [3.63, 3.8) is 0 Å². The van der Waals surface area contributed by atoms with Crippen LogP contribution >= 0.6 is 11.6 Å². The Hall–Kier alpha value is -3.06. The zero-order chi connectivity index (χ0) is 22.9. The maximum absolute atomic E-state index is 12.6. The highest BCUT2D eigenvalue weighted by molar-refractivity contribution is 6.28. The molecule has 11 heteroatoms. The number of aliphatic carboxylic acids is 1. The smallest absolute Gasteiger partial charge is 0.410 e. The van der Waals surface area contributed by atoms with Gasteiger partial charge in [0.2, 0.25) is 5.28 Å². The number of piperazine rings is 1. The summed E-state index contributed by atoms with van der Waals surface area (Å²) in [6, 6.07) is 1.68. The van der Waals surface area contributed by atoms with Gasteiger partial charge in [0.15, 0.2) is 5.76 Å². The second-order valence-corrected chi connectivity index (χ2v) is 8.75. The first kappa shape index (κ1) is 22.6. The number of nitrogens with zero attached hydrogens (tertiary/aromatic N) is 5. The molecular weight excluding hydrogens is 426 g/mol. The number of hydrogen-bond acceptors (Lipinski definition) is 8. The number of aliphatic hydroxyl groups is 1. The molecule has 0 bridgehead atoms. The highest BCUT2D eigenvalue weighted by Crippen LogP contribution is 2.35. The fourth-order valence-corrected chi connectivity index (χ4v) is 3.91. The van der Waals surface area contributed by atoms with E-state index in [4.69, 9.17) is 16.3 Å². The molecule has 2 N–H and O–H groups in total. The minimum absolute atomic E-state index is 0.102. The number of nitriles is 1. The summed E-state index contributed by atoms with van der Waals surface area (Å²) in [5, 5.41) is 28.9. The SMILES string of the molecule is CC(C)(C)OC(=O)N1CCN(c2nc(Cl)nc3c2CCC(C(=O)O)=C3O)CC1CC#N. The molecule has 1 aliphatic carbocycles. The largest absolute Gasteiger partial charge is 0.505 e. The number of anilines is 1. The van der Waals surface area contributed by atoms with Crippen LogP contribution in [-0.2, 0) is 16.0 Å². The average Bonchev–Trinajstić information content (AvgIpc) is 2.66. The van der Waals surface area contributed by atoms with E-state index in [1.54, 1.807) is 25.7 Å². The van der Waals surface area contributed by atoms with Gasteiger partial charge in [-0.15, -0.1) is 0 Å². The van der Waals surface area contributed by atoms with E-state index in [2.05, 4.69) is 16.0 Å². The summed E-state index contributed by atoms with van der Waals surface area (Å²) in [6.45, 7) is 6.35. The monoisotopic (exact) mass is 449 g/mol. The van der Waals surface area contributed by atoms with Crippen molar-refractivity contribution in [1.82, 2.24) is 14.9 Å². The lowest BCUT2D eigenvalue weighted by Gasteiger charge is -2.42. The fraction of sp³-hybridized carbons (Fsp3) is 0.550. The Morgan fingerprint density at radius 1 is 1.29 bits per heavy atom. The molecule has 1 fully saturated rings. The molecule has 3 rings (SSSR count). The first-order valence-electron chi connectivity index (χ1n) is 9.85. The van der Waals surface area contributed by atoms with Crippen molar-refractivity contribution < 1.29 is 24.5 Å². The normalized spacial score (nSPS) is 19.0. The number of ether oxygens (including phenoxy) is 1. The molecule has 2 heterocycles. The van der Waals surface area contributed by atoms with E-state index in [0.29, 0.717) is 37.4 Å². The van der Waals surface area contributed by atoms with Crippen molar-refractivity contribution in [3.05, 3.63) is 22.1 Å². The third-order valence-corrected chi connectivity index (χ3v) is 5.26. The zero-order valence-corrected chi connectivity index (χ0v) is 18.3. The Bertz CT molecular complexity index is 981. The van der Waals surface area contributed by atoms with Crippen molar-refractivity contribution in [2.24, 2.45) is 0 Å². The van der Waals surface area contributed by atoms with Crippen molar-refractivity contribution in [1.29, 1.82) is 5.26 Å². The van der Waals surface area contributed by atoms with Crippen LogP contribution in [0.25, 0.3) is 5.76 Å². The molecule has 1 aromatic rings. The van der Waals surface area contributed by atoms with Crippen LogP contribution in [-0.4, -0.2) is 68.4 Å². The summed E-state index contributed by atoms with van der Waals surface area (Å²) in [5.41, 5.74) is -0.0835. The summed E-state index contributed by atoms with van der Waals surface area (Å²) in [4.78, 5) is 35.8. The molecule has 31 heavy (non-hydrogen) atoms. The highest BCUT2D eigenvalue weighted by atomic mass is 35.5. The van der Waals surface area contributed by atoms with Gasteiger partial charge in [0, 0.05) is 25.2 Å². The fourth-order valence-electron chi connectivity index (χ4n) is 3.74. The van der Waals surface area contributed by atoms with Crippen molar-refractivity contribution in [2.75, 3.05) is 24.5 Å². The average molecular weight is 450 g/mol. The molecule has 1 saturated heterocycles. The van der Waals surface area contributed by atoms with E-state index in [-0.39, 0.29) is 29.4 Å². The molecule has 1 amide bonds. The number of hydrogen-bond donors (Lipinski definition) is 2. The van der Waals surface area contributed by atoms with Gasteiger partial charge in [0.05, 0.1) is 24.1 Å². The number of aliphatic hydroxyl groups excluding tert-OH is 1. The van der Waals surface area contributed by atoms with Gasteiger partial charge < -0.3 is 24.7 Å². The predicted octanol–water partition coefficient (Wildman–Crippen LogP) is 2.77. The summed E-state index contributed by atoms with van der Waals surface area (Å²) in [5.74, 6) is -1.16. The van der Waals surface area contributed by atoms with Gasteiger partial charge in [-0.05, 0) is 45.2 Å². The summed E-state index contributed by atoms with van der Waals surface area (Å²) < 4.78 is 5.47. The molecule has 0 saturated carbocycles. The van der Waals surface area contributed by atoms with Gasteiger partial charge in [0.25, 0.3) is 0 Å². The highest BCUT2D eigenvalue weighted by Gasteiger charge is 2.36. The van der Waals surface area contributed by atoms with Crippen molar-refractivity contribution in [3.8, 4) is 6.07 Å². The van der Waals surface area contributed by atoms with Crippen LogP contribution in [0.5, 0.6) is 0 Å². The second kappa shape index (κ2) is 8.59. The summed E-state index contributed by atoms with van der Waals surface area (Å²) in [7, 11) is 0. The molecule has 166 valence electrons. The molecule has 10 nitrogen and oxygen atoms in total. The van der Waals surface area contributed by atoms with Crippen molar-refractivity contribution in [2.45, 2.75) is 51.7 Å². The van der Waals surface area contributed by atoms with Gasteiger partial charge in [0.1, 0.15) is 17.1 Å². The van der Waals surface area contributed by atoms with Crippen LogP contribution in [0.1, 0.15) is 44.9 Å². The lowest BCUT2D eigenvalue weighted by molar-refractivity contribution is -0.132. The van der Waals surface area contributed by atoms with Gasteiger partial charge in [-0.3, -0.25) is 0 Å². The Morgan fingerprint density at radius 3 is 2.61 bits per heavy atom. The van der Waals surface area contributed by atoms with Crippen LogP contribution in [0.3, 0.4) is 0 Å². The Morgan fingerprint density at radius 2 is 2.00 bits per heavy atom. The predicted molar refractivity (Wildman–Crippen MR) is 112 cm³/mol. The lowest BCUT2D eigenvalue weighted by atomic mass is 9.93. The number of amides is 1. The first-order chi connectivity index (χ1) is 14.5. The molecule has 0 spiro atoms. The van der Waals surface area contributed by atoms with Gasteiger partial charge in [-0.2, -0.15) is 5.26 Å². The van der Waals surface area contributed by atoms with Crippen LogP contribution in [0.4, 0.5) is 10.6 Å². The number of carbonyl (C=O) groups excluding carboxylic acids is 1. The number of fused-ring (bicyclic) bond motifs is 1. The van der Waals surface area contributed by atoms with E-state index in [0.717, 1.165) is 0 Å². The topological polar surface area (TPSA) is 140 Å². The zero-order valence-electron chi connectivity index (χ0n) is 17.6. The van der Waals surface area contributed by atoms with Gasteiger partial charge >= 0.3 is 12.1 Å². The second-order valence-electron chi connectivity index (χ2n) is 8.41. The number of halogens is 1. The first-order valence-corrected chi connectivity index (χ1v) is 10.2. The third-order valence-electron chi connectivity index (χ3n) is 5.09. The number of carboxylic acids is 1. The third kappa shape index (κ3) is 4.82. The quantitative estimate of drug-likeness (QED) is 0.666. The van der Waals surface area contributed by atoms with Crippen LogP contribution in [0, 0.1) is 11.3 Å². The Kier molecular flexibility index (Phi) is 6.27. The van der Waals surface area contributed by atoms with Crippen LogP contribution < -0.4 is 4.90 Å². The Balaban J connectivity index is 1.92. The standard InChI is InChI=1S/C20H24ClN5O5/c1-20(2,3)31-19(30)26-9-8-25(10-11(26)6-7-22)16-12-4-5-13(17(28)29)15(27)14(12)23-18(21)24-16/h11,27H,4-6,8-10H2,1-3H3,(H,28,29). The molecule has 1 aromatic heterocycles. The molecular formula is C20H24ClN5O5. The molecule has 1 aliphatic heterocycles. The van der Waals surface area contributed by atoms with Crippen molar-refractivity contribution >= 4 is 35.2 Å². The van der Waals surface area contributed by atoms with E-state index in [1.807, 2.05) is 4.90 Å². The number of rotatable bonds is 3. The molecule has 1 unspecified atom stereocenters. The number of carbonyl (C=O) groups is 2. The van der Waals surface area contributed by atoms with Crippen LogP contribution in [0.2, 0.25) is 5.28 Å². The molecule has 0 radical (unpaired) electrons. The number of aromatic nitrogens is 2. The van der Waals surface area contributed by atoms with E-state index >= 15 is 0 Å². The van der Waals surface area contributed by atoms with E-state index in [9.17, 15) is 25.1 Å². The van der Waals surface area contributed by atoms with E-state index in [1.165, 1.54) is 0 Å². The summed E-state index contributed by atoms with van der Waals surface area (Å²) >= 11 is 6.08. The van der Waals surface area contributed by atoms with Gasteiger partial charge in [-0.1, -0.05) is 0 Å². The minimum atomic E-state index is -1.21. The maximum Gasteiger partial charge on any atom is 0.410 e. The molecule has 0 aromatic carbocycles. The maximum atomic E-state index is 12.6. The Labute approximate surface area is 184 Å². The van der Waals surface area contributed by atoms with Gasteiger partial charge in [-0.25, -0.2) is 19.6 Å². The molecule has 1 atom stereocenters.